The molecular weight excluding hydrogens is 374 g/mol. The lowest BCUT2D eigenvalue weighted by Gasteiger charge is -2.47. The normalized spacial score (nSPS) is 21.4. The van der Waals surface area contributed by atoms with Crippen molar-refractivity contribution in [1.82, 2.24) is 14.8 Å². The molecule has 1 fully saturated rings. The summed E-state index contributed by atoms with van der Waals surface area (Å²) in [5.41, 5.74) is 5.26. The molecule has 1 aromatic heterocycles. The monoisotopic (exact) mass is 396 g/mol. The average Bonchev–Trinajstić information content (AvgIpc) is 3.06. The lowest BCUT2D eigenvalue weighted by molar-refractivity contribution is -0.173. The Balaban J connectivity index is 1.74. The average molecular weight is 396 g/mol. The number of nitrogens with two attached hydrogens (primary N) is 1. The Morgan fingerprint density at radius 3 is 2.36 bits per heavy atom. The van der Waals surface area contributed by atoms with E-state index in [-0.39, 0.29) is 18.7 Å². The summed E-state index contributed by atoms with van der Waals surface area (Å²) in [6.07, 6.45) is -1.46. The van der Waals surface area contributed by atoms with Gasteiger partial charge in [-0.3, -0.25) is 19.2 Å². The number of aryl methyl sites for hydroxylation is 1. The largest absolute Gasteiger partial charge is 0.364 e. The molecule has 0 saturated heterocycles. The number of nitrogens with zero attached hydrogens (tertiary/aromatic N) is 2. The molecule has 10 heteroatoms. The molecule has 28 heavy (non-hydrogen) atoms. The van der Waals surface area contributed by atoms with E-state index in [4.69, 9.17) is 5.73 Å². The molecule has 3 amide bonds. The summed E-state index contributed by atoms with van der Waals surface area (Å²) in [6, 6.07) is 1.73. The van der Waals surface area contributed by atoms with Gasteiger partial charge in [-0.1, -0.05) is 0 Å². The zero-order valence-corrected chi connectivity index (χ0v) is 15.8. The second-order valence-corrected chi connectivity index (χ2v) is 7.85. The van der Waals surface area contributed by atoms with Crippen LogP contribution in [0.2, 0.25) is 0 Å². The molecule has 0 radical (unpaired) electrons. The van der Waals surface area contributed by atoms with Gasteiger partial charge >= 0.3 is 0 Å². The molecule has 3 rings (SSSR count). The summed E-state index contributed by atoms with van der Waals surface area (Å²) in [5.74, 6) is -7.00. The number of likely N-dealkylation sites (N-methyl/N-ethyl adjacent to an activating group) is 1. The Bertz CT molecular complexity index is 882. The first-order chi connectivity index (χ1) is 12.9. The summed E-state index contributed by atoms with van der Waals surface area (Å²) in [5, 5.41) is 2.25. The molecule has 1 aliphatic heterocycles. The number of alkyl halides is 2. The molecule has 8 nitrogen and oxygen atoms in total. The standard InChI is InChI=1S/C18H22F2N4O4/c1-9-4-11-5-10(6-24(11)12(9)14(21)26)13(25)15(27)22-17(16(28)23(2)3)7-18(19,20)8-17/h4,10H,5-8H2,1-3H3,(H2,21,26)(H,22,27). The van der Waals surface area contributed by atoms with Crippen molar-refractivity contribution in [3.05, 3.63) is 23.0 Å². The Morgan fingerprint density at radius 2 is 1.86 bits per heavy atom. The SMILES string of the molecule is Cc1cc2n(c1C(N)=O)CC(C(=O)C(=O)NC1(C(=O)N(C)C)CC(F)(F)C1)C2. The number of hydrogen-bond donors (Lipinski definition) is 2. The zero-order valence-electron chi connectivity index (χ0n) is 15.8. The third-order valence-electron chi connectivity index (χ3n) is 5.35. The van der Waals surface area contributed by atoms with Crippen LogP contribution in [0.5, 0.6) is 0 Å². The van der Waals surface area contributed by atoms with Crippen LogP contribution in [0.25, 0.3) is 0 Å². The number of rotatable bonds is 5. The minimum atomic E-state index is -3.07. The first-order valence-corrected chi connectivity index (χ1v) is 8.81. The Labute approximate surface area is 160 Å². The van der Waals surface area contributed by atoms with Gasteiger partial charge in [0.1, 0.15) is 11.2 Å². The van der Waals surface area contributed by atoms with E-state index in [2.05, 4.69) is 5.32 Å². The van der Waals surface area contributed by atoms with Crippen LogP contribution < -0.4 is 11.1 Å². The number of aromatic nitrogens is 1. The van der Waals surface area contributed by atoms with Crippen LogP contribution in [0.15, 0.2) is 6.07 Å². The third kappa shape index (κ3) is 3.16. The smallest absolute Gasteiger partial charge is 0.288 e. The fourth-order valence-electron chi connectivity index (χ4n) is 4.19. The zero-order chi connectivity index (χ0) is 21.0. The molecule has 0 spiro atoms. The summed E-state index contributed by atoms with van der Waals surface area (Å²) in [7, 11) is 2.79. The Hall–Kier alpha value is -2.78. The topological polar surface area (TPSA) is 114 Å². The van der Waals surface area contributed by atoms with Crippen molar-refractivity contribution >= 4 is 23.5 Å². The van der Waals surface area contributed by atoms with Crippen molar-refractivity contribution < 1.29 is 28.0 Å². The molecule has 1 unspecified atom stereocenters. The van der Waals surface area contributed by atoms with Crippen LogP contribution in [0.4, 0.5) is 8.78 Å². The number of Topliss-reactive ketones (excluding diaryl/α,β-unsaturated/α-hetero) is 1. The highest BCUT2D eigenvalue weighted by molar-refractivity contribution is 6.37. The number of carbonyl (C=O) groups is 4. The van der Waals surface area contributed by atoms with Gasteiger partial charge in [0, 0.05) is 39.2 Å². The fourth-order valence-corrected chi connectivity index (χ4v) is 4.19. The van der Waals surface area contributed by atoms with Crippen molar-refractivity contribution in [2.75, 3.05) is 14.1 Å². The van der Waals surface area contributed by atoms with Crippen molar-refractivity contribution in [3.63, 3.8) is 0 Å². The van der Waals surface area contributed by atoms with E-state index in [9.17, 15) is 28.0 Å². The van der Waals surface area contributed by atoms with Gasteiger partial charge in [-0.25, -0.2) is 8.78 Å². The maximum atomic E-state index is 13.5. The molecule has 2 aliphatic rings. The van der Waals surface area contributed by atoms with Gasteiger partial charge in [0.05, 0.1) is 5.92 Å². The van der Waals surface area contributed by atoms with E-state index in [1.165, 1.54) is 14.1 Å². The Kier molecular flexibility index (Phi) is 4.55. The summed E-state index contributed by atoms with van der Waals surface area (Å²) in [6.45, 7) is 1.82. The predicted octanol–water partition coefficient (Wildman–Crippen LogP) is 0.00912. The molecule has 3 N–H and O–H groups in total. The number of fused-ring (bicyclic) bond motifs is 1. The number of carbonyl (C=O) groups excluding carboxylic acids is 4. The maximum absolute atomic E-state index is 13.5. The number of nitrogens with one attached hydrogen (secondary N) is 1. The van der Waals surface area contributed by atoms with E-state index < -0.39 is 53.7 Å². The fraction of sp³-hybridized carbons (Fsp3) is 0.556. The number of ketones is 1. The van der Waals surface area contributed by atoms with Gasteiger partial charge < -0.3 is 20.5 Å². The third-order valence-corrected chi connectivity index (χ3v) is 5.35. The quantitative estimate of drug-likeness (QED) is 0.682. The highest BCUT2D eigenvalue weighted by Crippen LogP contribution is 2.46. The molecular formula is C18H22F2N4O4. The highest BCUT2D eigenvalue weighted by atomic mass is 19.3. The molecule has 1 aliphatic carbocycles. The van der Waals surface area contributed by atoms with Gasteiger partial charge in [-0.15, -0.1) is 0 Å². The van der Waals surface area contributed by atoms with Crippen molar-refractivity contribution in [2.24, 2.45) is 11.7 Å². The summed E-state index contributed by atoms with van der Waals surface area (Å²) < 4.78 is 28.5. The van der Waals surface area contributed by atoms with Crippen LogP contribution >= 0.6 is 0 Å². The van der Waals surface area contributed by atoms with E-state index >= 15 is 0 Å². The van der Waals surface area contributed by atoms with Crippen LogP contribution in [0.3, 0.4) is 0 Å². The molecule has 1 atom stereocenters. The van der Waals surface area contributed by atoms with Gasteiger partial charge in [-0.05, 0) is 25.0 Å². The molecule has 1 saturated carbocycles. The van der Waals surface area contributed by atoms with Gasteiger partial charge in [0.15, 0.2) is 0 Å². The number of hydrogen-bond acceptors (Lipinski definition) is 4. The number of amides is 3. The minimum absolute atomic E-state index is 0.0957. The number of halogens is 2. The molecule has 0 bridgehead atoms. The lowest BCUT2D eigenvalue weighted by Crippen LogP contribution is -2.70. The lowest BCUT2D eigenvalue weighted by atomic mass is 9.72. The maximum Gasteiger partial charge on any atom is 0.288 e. The second-order valence-electron chi connectivity index (χ2n) is 7.85. The minimum Gasteiger partial charge on any atom is -0.364 e. The predicted molar refractivity (Wildman–Crippen MR) is 93.6 cm³/mol. The molecule has 2 heterocycles. The van der Waals surface area contributed by atoms with Gasteiger partial charge in [-0.2, -0.15) is 0 Å². The summed E-state index contributed by atoms with van der Waals surface area (Å²) in [4.78, 5) is 50.1. The van der Waals surface area contributed by atoms with Gasteiger partial charge in [0.2, 0.25) is 11.7 Å². The van der Waals surface area contributed by atoms with E-state index in [0.29, 0.717) is 11.3 Å². The van der Waals surface area contributed by atoms with E-state index in [1.54, 1.807) is 17.6 Å². The first-order valence-electron chi connectivity index (χ1n) is 8.81. The van der Waals surface area contributed by atoms with E-state index in [1.807, 2.05) is 0 Å². The van der Waals surface area contributed by atoms with Crippen LogP contribution in [0.1, 0.15) is 34.6 Å². The van der Waals surface area contributed by atoms with Crippen LogP contribution in [-0.4, -0.2) is 58.5 Å². The van der Waals surface area contributed by atoms with Crippen molar-refractivity contribution in [2.45, 2.75) is 44.2 Å². The van der Waals surface area contributed by atoms with Crippen molar-refractivity contribution in [1.29, 1.82) is 0 Å². The van der Waals surface area contributed by atoms with Crippen LogP contribution in [0, 0.1) is 12.8 Å². The highest BCUT2D eigenvalue weighted by Gasteiger charge is 2.62. The van der Waals surface area contributed by atoms with Gasteiger partial charge in [0.25, 0.3) is 17.7 Å². The van der Waals surface area contributed by atoms with Crippen molar-refractivity contribution in [3.8, 4) is 0 Å². The van der Waals surface area contributed by atoms with Crippen LogP contribution in [-0.2, 0) is 27.3 Å². The molecule has 152 valence electrons. The molecule has 1 aromatic rings. The Morgan fingerprint density at radius 1 is 1.25 bits per heavy atom. The van der Waals surface area contributed by atoms with E-state index in [0.717, 1.165) is 4.90 Å². The summed E-state index contributed by atoms with van der Waals surface area (Å²) >= 11 is 0. The number of primary amides is 1. The first kappa shape index (κ1) is 20.0. The second kappa shape index (κ2) is 6.39. The molecule has 0 aromatic carbocycles.